The van der Waals surface area contributed by atoms with Crippen molar-refractivity contribution >= 4 is 42.8 Å². The van der Waals surface area contributed by atoms with Crippen molar-refractivity contribution in [1.82, 2.24) is 14.6 Å². The zero-order chi connectivity index (χ0) is 24.1. The fourth-order valence-corrected chi connectivity index (χ4v) is 7.17. The molecule has 3 aromatic rings. The van der Waals surface area contributed by atoms with E-state index in [4.69, 9.17) is 4.74 Å². The van der Waals surface area contributed by atoms with Crippen LogP contribution in [0.3, 0.4) is 0 Å². The number of sulfonamides is 1. The predicted molar refractivity (Wildman–Crippen MR) is 135 cm³/mol. The Morgan fingerprint density at radius 3 is 2.76 bits per heavy atom. The van der Waals surface area contributed by atoms with Crippen LogP contribution in [0.15, 0.2) is 70.3 Å². The van der Waals surface area contributed by atoms with Gasteiger partial charge in [0.2, 0.25) is 10.0 Å². The predicted octanol–water partition coefficient (Wildman–Crippen LogP) is 5.10. The standard InChI is InChI=1S/C25H28BrN3O4S/c1-18-12-14-29(34(31,32)23-11-5-9-20-15-27-16-21(26)24(20)23)22(18)10-6-13-28-25(30)33-17-19-7-3-2-4-8-19/h2-5,7-9,11,15-16,18,22H,6,10,12-14,17H2,1H3,(H,28,30). The molecule has 1 aromatic heterocycles. The van der Waals surface area contributed by atoms with Crippen molar-refractivity contribution in [3.63, 3.8) is 0 Å². The lowest BCUT2D eigenvalue weighted by Gasteiger charge is -2.27. The number of amides is 1. The summed E-state index contributed by atoms with van der Waals surface area (Å²) >= 11 is 3.47. The maximum atomic E-state index is 13.7. The Morgan fingerprint density at radius 2 is 1.97 bits per heavy atom. The Labute approximate surface area is 208 Å². The number of fused-ring (bicyclic) bond motifs is 1. The summed E-state index contributed by atoms with van der Waals surface area (Å²) in [5.74, 6) is 0.236. The second-order valence-corrected chi connectivity index (χ2v) is 11.3. The molecule has 4 rings (SSSR count). The van der Waals surface area contributed by atoms with Gasteiger partial charge >= 0.3 is 6.09 Å². The third kappa shape index (κ3) is 5.42. The number of nitrogens with one attached hydrogen (secondary N) is 1. The molecule has 180 valence electrons. The molecule has 0 saturated carbocycles. The fourth-order valence-electron chi connectivity index (χ4n) is 4.48. The average molecular weight is 546 g/mol. The fraction of sp³-hybridized carbons (Fsp3) is 0.360. The van der Waals surface area contributed by atoms with E-state index in [-0.39, 0.29) is 18.6 Å². The number of alkyl carbamates (subject to hydrolysis) is 1. The van der Waals surface area contributed by atoms with E-state index in [1.807, 2.05) is 36.4 Å². The second-order valence-electron chi connectivity index (χ2n) is 8.56. The SMILES string of the molecule is CC1CCN(S(=O)(=O)c2cccc3cncc(Br)c23)C1CCCNC(=O)OCc1ccccc1. The van der Waals surface area contributed by atoms with Crippen LogP contribution < -0.4 is 5.32 Å². The molecule has 1 fully saturated rings. The van der Waals surface area contributed by atoms with Crippen LogP contribution in [-0.4, -0.2) is 42.9 Å². The van der Waals surface area contributed by atoms with Crippen LogP contribution >= 0.6 is 15.9 Å². The first-order valence-electron chi connectivity index (χ1n) is 11.4. The molecule has 0 aliphatic carbocycles. The highest BCUT2D eigenvalue weighted by molar-refractivity contribution is 9.10. The highest BCUT2D eigenvalue weighted by atomic mass is 79.9. The molecule has 1 aliphatic rings. The van der Waals surface area contributed by atoms with Gasteiger partial charge in [-0.05, 0) is 52.7 Å². The Morgan fingerprint density at radius 1 is 1.18 bits per heavy atom. The molecular formula is C25H28BrN3O4S. The van der Waals surface area contributed by atoms with Crippen LogP contribution in [0.25, 0.3) is 10.8 Å². The van der Waals surface area contributed by atoms with E-state index < -0.39 is 16.1 Å². The summed E-state index contributed by atoms with van der Waals surface area (Å²) in [6, 6.07) is 14.6. The van der Waals surface area contributed by atoms with Crippen molar-refractivity contribution in [2.75, 3.05) is 13.1 Å². The van der Waals surface area contributed by atoms with Gasteiger partial charge in [-0.15, -0.1) is 0 Å². The van der Waals surface area contributed by atoms with Crippen molar-refractivity contribution < 1.29 is 17.9 Å². The maximum Gasteiger partial charge on any atom is 0.407 e. The van der Waals surface area contributed by atoms with E-state index in [1.54, 1.807) is 28.8 Å². The number of hydrogen-bond acceptors (Lipinski definition) is 5. The molecule has 2 aromatic carbocycles. The Balaban J connectivity index is 1.38. The zero-order valence-corrected chi connectivity index (χ0v) is 21.4. The summed E-state index contributed by atoms with van der Waals surface area (Å²) in [4.78, 5) is 16.4. The monoisotopic (exact) mass is 545 g/mol. The van der Waals surface area contributed by atoms with E-state index in [9.17, 15) is 13.2 Å². The molecule has 9 heteroatoms. The van der Waals surface area contributed by atoms with Gasteiger partial charge < -0.3 is 10.1 Å². The Hall–Kier alpha value is -2.49. The van der Waals surface area contributed by atoms with Crippen LogP contribution in [0.2, 0.25) is 0 Å². The van der Waals surface area contributed by atoms with Gasteiger partial charge in [0, 0.05) is 46.8 Å². The second kappa shape index (κ2) is 10.8. The van der Waals surface area contributed by atoms with Crippen molar-refractivity contribution in [2.45, 2.75) is 43.7 Å². The first-order valence-corrected chi connectivity index (χ1v) is 13.6. The number of aromatic nitrogens is 1. The van der Waals surface area contributed by atoms with Gasteiger partial charge in [-0.1, -0.05) is 49.4 Å². The number of carbonyl (C=O) groups excluding carboxylic acids is 1. The number of halogens is 1. The highest BCUT2D eigenvalue weighted by Crippen LogP contribution is 2.36. The van der Waals surface area contributed by atoms with Crippen LogP contribution in [-0.2, 0) is 21.4 Å². The van der Waals surface area contributed by atoms with Gasteiger partial charge in [-0.25, -0.2) is 13.2 Å². The third-order valence-corrected chi connectivity index (χ3v) is 8.84. The van der Waals surface area contributed by atoms with Crippen LogP contribution in [0.4, 0.5) is 4.79 Å². The maximum absolute atomic E-state index is 13.7. The first kappa shape index (κ1) is 24.6. The lowest BCUT2D eigenvalue weighted by atomic mass is 9.99. The van der Waals surface area contributed by atoms with Crippen molar-refractivity contribution in [3.05, 3.63) is 71.0 Å². The Kier molecular flexibility index (Phi) is 7.85. The quantitative estimate of drug-likeness (QED) is 0.397. The van der Waals surface area contributed by atoms with Gasteiger partial charge in [0.25, 0.3) is 0 Å². The van der Waals surface area contributed by atoms with E-state index in [0.29, 0.717) is 40.7 Å². The van der Waals surface area contributed by atoms with Gasteiger partial charge in [0.05, 0.1) is 4.90 Å². The number of benzene rings is 2. The number of nitrogens with zero attached hydrogens (tertiary/aromatic N) is 2. The minimum absolute atomic E-state index is 0.122. The van der Waals surface area contributed by atoms with Gasteiger partial charge in [-0.2, -0.15) is 4.31 Å². The summed E-state index contributed by atoms with van der Waals surface area (Å²) in [6.07, 6.45) is 4.95. The average Bonchev–Trinajstić information content (AvgIpc) is 3.22. The summed E-state index contributed by atoms with van der Waals surface area (Å²) in [5.41, 5.74) is 0.925. The zero-order valence-electron chi connectivity index (χ0n) is 19.0. The third-order valence-electron chi connectivity index (χ3n) is 6.28. The summed E-state index contributed by atoms with van der Waals surface area (Å²) in [5, 5.41) is 4.19. The molecule has 1 amide bonds. The van der Waals surface area contributed by atoms with Gasteiger partial charge in [0.15, 0.2) is 0 Å². The highest BCUT2D eigenvalue weighted by Gasteiger charge is 2.39. The lowest BCUT2D eigenvalue weighted by molar-refractivity contribution is 0.139. The molecule has 0 bridgehead atoms. The number of ether oxygens (including phenoxy) is 1. The molecule has 0 spiro atoms. The van der Waals surface area contributed by atoms with Gasteiger partial charge in [-0.3, -0.25) is 4.98 Å². The van der Waals surface area contributed by atoms with Crippen LogP contribution in [0.1, 0.15) is 31.7 Å². The van der Waals surface area contributed by atoms with Crippen LogP contribution in [0, 0.1) is 5.92 Å². The first-order chi connectivity index (χ1) is 16.4. The van der Waals surface area contributed by atoms with Crippen LogP contribution in [0.5, 0.6) is 0 Å². The number of hydrogen-bond donors (Lipinski definition) is 1. The molecule has 2 unspecified atom stereocenters. The molecule has 2 heterocycles. The van der Waals surface area contributed by atoms with E-state index >= 15 is 0 Å². The number of pyridine rings is 1. The molecule has 1 aliphatic heterocycles. The summed E-state index contributed by atoms with van der Waals surface area (Å²) in [7, 11) is -3.70. The topological polar surface area (TPSA) is 88.6 Å². The van der Waals surface area contributed by atoms with Crippen molar-refractivity contribution in [2.24, 2.45) is 5.92 Å². The largest absolute Gasteiger partial charge is 0.445 e. The molecule has 0 radical (unpaired) electrons. The molecule has 1 saturated heterocycles. The lowest BCUT2D eigenvalue weighted by Crippen LogP contribution is -2.38. The summed E-state index contributed by atoms with van der Waals surface area (Å²) < 4.78 is 35.0. The smallest absolute Gasteiger partial charge is 0.407 e. The van der Waals surface area contributed by atoms with E-state index in [1.165, 1.54) is 0 Å². The Bertz CT molecular complexity index is 1250. The minimum atomic E-state index is -3.70. The number of carbonyl (C=O) groups is 1. The molecular weight excluding hydrogens is 518 g/mol. The summed E-state index contributed by atoms with van der Waals surface area (Å²) in [6.45, 7) is 3.22. The molecule has 2 atom stereocenters. The minimum Gasteiger partial charge on any atom is -0.445 e. The molecule has 34 heavy (non-hydrogen) atoms. The van der Waals surface area contributed by atoms with Gasteiger partial charge in [0.1, 0.15) is 6.61 Å². The molecule has 1 N–H and O–H groups in total. The van der Waals surface area contributed by atoms with Crippen molar-refractivity contribution in [3.8, 4) is 0 Å². The van der Waals surface area contributed by atoms with E-state index in [2.05, 4.69) is 33.2 Å². The molecule has 7 nitrogen and oxygen atoms in total. The normalized spacial score (nSPS) is 18.8. The number of rotatable bonds is 8. The van der Waals surface area contributed by atoms with E-state index in [0.717, 1.165) is 17.4 Å². The van der Waals surface area contributed by atoms with Crippen molar-refractivity contribution in [1.29, 1.82) is 0 Å².